The number of nitrogens with two attached hydrogens (primary N) is 2. The summed E-state index contributed by atoms with van der Waals surface area (Å²) in [6.07, 6.45) is 12.1. The van der Waals surface area contributed by atoms with Crippen LogP contribution in [0, 0.1) is 48.5 Å². The molecule has 1 aliphatic rings. The zero-order valence-electron chi connectivity index (χ0n) is 49.7. The van der Waals surface area contributed by atoms with Crippen LogP contribution in [0.1, 0.15) is 118 Å². The molecule has 0 saturated heterocycles. The maximum atomic E-state index is 13.1. The first-order valence-electron chi connectivity index (χ1n) is 29.3. The second kappa shape index (κ2) is 26.7. The van der Waals surface area contributed by atoms with Crippen molar-refractivity contribution in [1.82, 2.24) is 20.9 Å². The lowest BCUT2D eigenvalue weighted by atomic mass is 9.98. The molecule has 1 heterocycles. The number of hydrogen-bond donors (Lipinski definition) is 7. The van der Waals surface area contributed by atoms with E-state index in [1.165, 1.54) is 16.7 Å². The number of rotatable bonds is 23. The van der Waals surface area contributed by atoms with E-state index in [4.69, 9.17) is 21.4 Å². The molecule has 7 aromatic carbocycles. The van der Waals surface area contributed by atoms with E-state index in [0.717, 1.165) is 177 Å². The first-order valence-corrected chi connectivity index (χ1v) is 29.3. The highest BCUT2D eigenvalue weighted by Gasteiger charge is 2.24. The number of nitrogen functional groups attached to an aromatic ring is 2. The maximum absolute atomic E-state index is 13.1. The summed E-state index contributed by atoms with van der Waals surface area (Å²) in [5.74, 6) is -0.157. The zero-order chi connectivity index (χ0) is 58.7. The van der Waals surface area contributed by atoms with E-state index < -0.39 is 0 Å². The number of aliphatic imine (C=N–C) groups is 1. The standard InChI is InChI=1S/C71H80N10O2/c1-44-18-28-59(48(5)34-44)78-64-41-57(72)46(3)36-63(64)79-62-39-49(6)60(38-51(62)8)74-30-14-10-12-16-32-76-70(82)55-24-20-53(21-25-55)54-22-26-56(27-23-54)71(83)77-33-17-13-11-15-31-75-61-43-69-66(40-50(61)7)80-65-37-47(4)58(73)42-68(65)81(69)67-29-19-45(2)35-52(67)9/h18-29,34-43,74,78H,8,10-17,30-33,72H2,1-7,9H3,(H4,73,75,76,77,82,83)/p+1/b79-62-. The number of hydrogen-bond acceptors (Lipinski definition) is 9. The molecule has 12 nitrogen and oxygen atoms in total. The van der Waals surface area contributed by atoms with Gasteiger partial charge in [0.2, 0.25) is 16.7 Å². The smallest absolute Gasteiger partial charge is 0.251 e. The minimum absolute atomic E-state index is 0.0771. The minimum atomic E-state index is -0.0796. The first-order chi connectivity index (χ1) is 40.0. The highest BCUT2D eigenvalue weighted by Crippen LogP contribution is 2.36. The molecule has 0 saturated carbocycles. The lowest BCUT2D eigenvalue weighted by molar-refractivity contribution is -0.538. The Hall–Kier alpha value is -9.03. The fourth-order valence-electron chi connectivity index (χ4n) is 10.7. The number of amides is 2. The highest BCUT2D eigenvalue weighted by atomic mass is 16.2. The van der Waals surface area contributed by atoms with Gasteiger partial charge in [-0.15, -0.1) is 4.57 Å². The Kier molecular flexibility index (Phi) is 18.9. The van der Waals surface area contributed by atoms with Gasteiger partial charge in [-0.05, 0) is 198 Å². The number of fused-ring (bicyclic) bond motifs is 2. The van der Waals surface area contributed by atoms with E-state index in [0.29, 0.717) is 29.9 Å². The molecule has 0 fully saturated rings. The number of aromatic nitrogens is 2. The van der Waals surface area contributed by atoms with Crippen molar-refractivity contribution in [3.8, 4) is 16.8 Å². The molecule has 426 valence electrons. The van der Waals surface area contributed by atoms with E-state index in [1.54, 1.807) is 0 Å². The lowest BCUT2D eigenvalue weighted by Gasteiger charge is -2.19. The number of carbonyl (C=O) groups is 2. The SMILES string of the molecule is C=C1C=C(NCCCCCCNC(=O)c2ccc(-c3ccc(C(=O)NCCCCCCNc4cc5c(cc4C)nc4cc(C)c(N)cc4[n+]5-c4ccc(C)cc4C)cc3)cc2)C(C)=C/C1=N/c1cc(C)c(N)cc1Nc1ccc(C)cc1C. The van der Waals surface area contributed by atoms with Crippen molar-refractivity contribution in [2.45, 2.75) is 107 Å². The van der Waals surface area contributed by atoms with Crippen LogP contribution in [0.25, 0.3) is 38.9 Å². The average molecular weight is 1110 g/mol. The number of allylic oxidation sites excluding steroid dienone is 4. The molecular formula is C71H81N10O2+. The molecule has 9 N–H and O–H groups in total. The van der Waals surface area contributed by atoms with Crippen molar-refractivity contribution < 1.29 is 14.2 Å². The van der Waals surface area contributed by atoms with E-state index in [1.807, 2.05) is 80.6 Å². The summed E-state index contributed by atoms with van der Waals surface area (Å²) in [5, 5.41) is 17.0. The van der Waals surface area contributed by atoms with Crippen LogP contribution < -0.4 is 42.6 Å². The van der Waals surface area contributed by atoms with Crippen LogP contribution in [-0.4, -0.2) is 48.7 Å². The van der Waals surface area contributed by atoms with Gasteiger partial charge in [-0.3, -0.25) is 9.59 Å². The average Bonchev–Trinajstić information content (AvgIpc) is 3.64. The van der Waals surface area contributed by atoms with Gasteiger partial charge in [0, 0.05) is 89.5 Å². The summed E-state index contributed by atoms with van der Waals surface area (Å²) < 4.78 is 2.30. The van der Waals surface area contributed by atoms with Gasteiger partial charge in [-0.1, -0.05) is 85.9 Å². The van der Waals surface area contributed by atoms with E-state index in [2.05, 4.69) is 146 Å². The quantitative estimate of drug-likeness (QED) is 0.0143. The topological polar surface area (TPSA) is 175 Å². The van der Waals surface area contributed by atoms with Crippen LogP contribution in [0.15, 0.2) is 162 Å². The number of nitrogens with zero attached hydrogens (tertiary/aromatic N) is 3. The minimum Gasteiger partial charge on any atom is -0.398 e. The number of anilines is 5. The number of benzene rings is 7. The lowest BCUT2D eigenvalue weighted by Crippen LogP contribution is -2.34. The number of aryl methyl sites for hydroxylation is 7. The summed E-state index contributed by atoms with van der Waals surface area (Å²) in [6, 6.07) is 40.7. The van der Waals surface area contributed by atoms with E-state index in [9.17, 15) is 9.59 Å². The van der Waals surface area contributed by atoms with Gasteiger partial charge in [0.25, 0.3) is 11.8 Å². The monoisotopic (exact) mass is 1110 g/mol. The van der Waals surface area contributed by atoms with Crippen LogP contribution in [0.4, 0.5) is 34.1 Å². The molecule has 12 heteroatoms. The van der Waals surface area contributed by atoms with Gasteiger partial charge in [-0.2, -0.15) is 0 Å². The molecule has 0 radical (unpaired) electrons. The summed E-state index contributed by atoms with van der Waals surface area (Å²) >= 11 is 0. The van der Waals surface area contributed by atoms with Crippen LogP contribution in [-0.2, 0) is 0 Å². The number of nitrogens with one attached hydrogen (secondary N) is 5. The van der Waals surface area contributed by atoms with Crippen LogP contribution >= 0.6 is 0 Å². The fraction of sp³-hybridized carbons (Fsp3) is 0.282. The van der Waals surface area contributed by atoms with Gasteiger partial charge < -0.3 is 38.1 Å². The van der Waals surface area contributed by atoms with Crippen LogP contribution in [0.5, 0.6) is 0 Å². The molecule has 0 bridgehead atoms. The molecule has 0 spiro atoms. The molecular weight excluding hydrogens is 1020 g/mol. The van der Waals surface area contributed by atoms with Crippen LogP contribution in [0.3, 0.4) is 0 Å². The van der Waals surface area contributed by atoms with Crippen molar-refractivity contribution in [3.63, 3.8) is 0 Å². The zero-order valence-corrected chi connectivity index (χ0v) is 49.7. The summed E-state index contributed by atoms with van der Waals surface area (Å²) in [4.78, 5) is 36.2. The Morgan fingerprint density at radius 3 is 1.63 bits per heavy atom. The first kappa shape index (κ1) is 58.6. The van der Waals surface area contributed by atoms with Crippen molar-refractivity contribution in [1.29, 1.82) is 0 Å². The molecule has 8 aromatic rings. The summed E-state index contributed by atoms with van der Waals surface area (Å²) in [5.41, 5.74) is 38.0. The molecule has 2 amide bonds. The second-order valence-corrected chi connectivity index (χ2v) is 22.5. The van der Waals surface area contributed by atoms with Crippen molar-refractivity contribution in [2.24, 2.45) is 4.99 Å². The summed E-state index contributed by atoms with van der Waals surface area (Å²) in [6.45, 7) is 24.0. The van der Waals surface area contributed by atoms with Crippen molar-refractivity contribution in [2.75, 3.05) is 48.3 Å². The molecule has 0 unspecified atom stereocenters. The summed E-state index contributed by atoms with van der Waals surface area (Å²) in [7, 11) is 0. The second-order valence-electron chi connectivity index (χ2n) is 22.5. The predicted octanol–water partition coefficient (Wildman–Crippen LogP) is 14.9. The predicted molar refractivity (Wildman–Crippen MR) is 347 cm³/mol. The molecule has 83 heavy (non-hydrogen) atoms. The van der Waals surface area contributed by atoms with Crippen molar-refractivity contribution >= 4 is 73.7 Å². The van der Waals surface area contributed by atoms with E-state index >= 15 is 0 Å². The Morgan fingerprint density at radius 1 is 0.506 bits per heavy atom. The van der Waals surface area contributed by atoms with Gasteiger partial charge in [0.15, 0.2) is 0 Å². The van der Waals surface area contributed by atoms with Gasteiger partial charge in [-0.25, -0.2) is 9.98 Å². The highest BCUT2D eigenvalue weighted by molar-refractivity contribution is 6.13. The third-order valence-electron chi connectivity index (χ3n) is 15.7. The molecule has 1 aromatic heterocycles. The largest absolute Gasteiger partial charge is 0.398 e. The number of unbranched alkanes of at least 4 members (excludes halogenated alkanes) is 6. The normalized spacial score (nSPS) is 12.8. The van der Waals surface area contributed by atoms with Crippen LogP contribution in [0.2, 0.25) is 0 Å². The Balaban J connectivity index is 0.653. The van der Waals surface area contributed by atoms with Crippen molar-refractivity contribution in [3.05, 3.63) is 207 Å². The van der Waals surface area contributed by atoms with Gasteiger partial charge in [0.05, 0.1) is 17.1 Å². The van der Waals surface area contributed by atoms with E-state index in [-0.39, 0.29) is 11.8 Å². The third-order valence-corrected chi connectivity index (χ3v) is 15.7. The molecule has 1 aliphatic carbocycles. The third kappa shape index (κ3) is 14.5. The fourth-order valence-corrected chi connectivity index (χ4v) is 10.7. The molecule has 0 aliphatic heterocycles. The Morgan fingerprint density at radius 2 is 1.02 bits per heavy atom. The Labute approximate surface area is 490 Å². The van der Waals surface area contributed by atoms with Gasteiger partial charge >= 0.3 is 0 Å². The molecule has 0 atom stereocenters. The maximum Gasteiger partial charge on any atom is 0.251 e. The number of carbonyl (C=O) groups excluding carboxylic acids is 2. The molecule has 9 rings (SSSR count). The van der Waals surface area contributed by atoms with Gasteiger partial charge in [0.1, 0.15) is 11.0 Å². The Bertz CT molecular complexity index is 3830.